The molecule has 0 radical (unpaired) electrons. The number of carbonyl (C=O) groups excluding carboxylic acids is 2. The lowest BCUT2D eigenvalue weighted by atomic mass is 10.1. The molecule has 0 aliphatic rings. The van der Waals surface area contributed by atoms with Gasteiger partial charge in [0, 0.05) is 13.5 Å². The quantitative estimate of drug-likeness (QED) is 0.667. The van der Waals surface area contributed by atoms with Gasteiger partial charge in [0.2, 0.25) is 5.91 Å². The summed E-state index contributed by atoms with van der Waals surface area (Å²) in [6.07, 6.45) is 4.50. The summed E-state index contributed by atoms with van der Waals surface area (Å²) >= 11 is 5.92. The number of nitrogens with one attached hydrogen (secondary N) is 1. The van der Waals surface area contributed by atoms with E-state index in [-0.39, 0.29) is 5.91 Å². The summed E-state index contributed by atoms with van der Waals surface area (Å²) in [7, 11) is 1.31. The van der Waals surface area contributed by atoms with E-state index in [0.717, 1.165) is 12.0 Å². The van der Waals surface area contributed by atoms with Gasteiger partial charge in [-0.25, -0.2) is 4.79 Å². The smallest absolute Gasteiger partial charge is 0.339 e. The van der Waals surface area contributed by atoms with Crippen LogP contribution in [0.15, 0.2) is 24.3 Å². The summed E-state index contributed by atoms with van der Waals surface area (Å²) in [5, 5.41) is 3.06. The van der Waals surface area contributed by atoms with Gasteiger partial charge in [0.05, 0.1) is 17.7 Å². The Hall–Kier alpha value is -1.81. The van der Waals surface area contributed by atoms with Crippen molar-refractivity contribution >= 4 is 29.6 Å². The minimum Gasteiger partial charge on any atom is -0.465 e. The summed E-state index contributed by atoms with van der Waals surface area (Å²) in [5.41, 5.74) is 1.20. The van der Waals surface area contributed by atoms with Crippen molar-refractivity contribution in [3.63, 3.8) is 0 Å². The minimum atomic E-state index is -0.460. The van der Waals surface area contributed by atoms with Crippen LogP contribution in [0.25, 0.3) is 6.08 Å². The fourth-order valence-electron chi connectivity index (χ4n) is 1.46. The van der Waals surface area contributed by atoms with Gasteiger partial charge in [-0.15, -0.1) is 0 Å². The molecule has 0 spiro atoms. The zero-order chi connectivity index (χ0) is 14.3. The van der Waals surface area contributed by atoms with Crippen LogP contribution in [0.5, 0.6) is 0 Å². The van der Waals surface area contributed by atoms with E-state index in [9.17, 15) is 9.59 Å². The SMILES string of the molecule is COC(=O)c1cc(C=CCCNC(C)=O)ccc1Cl. The number of hydrogen-bond acceptors (Lipinski definition) is 3. The Kier molecular flexibility index (Phi) is 6.09. The zero-order valence-corrected chi connectivity index (χ0v) is 11.7. The Labute approximate surface area is 117 Å². The van der Waals surface area contributed by atoms with E-state index in [1.165, 1.54) is 14.0 Å². The Morgan fingerprint density at radius 1 is 1.42 bits per heavy atom. The van der Waals surface area contributed by atoms with E-state index < -0.39 is 5.97 Å². The highest BCUT2D eigenvalue weighted by molar-refractivity contribution is 6.33. The second-order valence-electron chi connectivity index (χ2n) is 3.90. The van der Waals surface area contributed by atoms with Crippen LogP contribution in [0.4, 0.5) is 0 Å². The van der Waals surface area contributed by atoms with E-state index in [0.29, 0.717) is 17.1 Å². The Morgan fingerprint density at radius 2 is 2.16 bits per heavy atom. The highest BCUT2D eigenvalue weighted by Gasteiger charge is 2.10. The third-order valence-electron chi connectivity index (χ3n) is 2.39. The third kappa shape index (κ3) is 5.14. The number of esters is 1. The van der Waals surface area contributed by atoms with Gasteiger partial charge < -0.3 is 10.1 Å². The predicted molar refractivity (Wildman–Crippen MR) is 75.1 cm³/mol. The van der Waals surface area contributed by atoms with Gasteiger partial charge >= 0.3 is 5.97 Å². The normalized spacial score (nSPS) is 10.5. The lowest BCUT2D eigenvalue weighted by Crippen LogP contribution is -2.20. The van der Waals surface area contributed by atoms with Gasteiger partial charge in [-0.1, -0.05) is 29.8 Å². The maximum atomic E-state index is 11.5. The van der Waals surface area contributed by atoms with Crippen LogP contribution in [0.3, 0.4) is 0 Å². The molecule has 0 saturated carbocycles. The average molecular weight is 282 g/mol. The van der Waals surface area contributed by atoms with Crippen molar-refractivity contribution in [1.29, 1.82) is 0 Å². The number of methoxy groups -OCH3 is 1. The Bertz CT molecular complexity index is 497. The van der Waals surface area contributed by atoms with Crippen LogP contribution < -0.4 is 5.32 Å². The van der Waals surface area contributed by atoms with Gasteiger partial charge in [0.25, 0.3) is 0 Å². The summed E-state index contributed by atoms with van der Waals surface area (Å²) in [5.74, 6) is -0.508. The molecule has 0 aromatic heterocycles. The molecule has 0 heterocycles. The number of ether oxygens (including phenoxy) is 1. The second kappa shape index (κ2) is 7.59. The number of halogens is 1. The molecule has 0 fully saturated rings. The van der Waals surface area contributed by atoms with E-state index in [1.54, 1.807) is 12.1 Å². The molecule has 0 saturated heterocycles. The van der Waals surface area contributed by atoms with Gasteiger partial charge in [0.15, 0.2) is 0 Å². The maximum Gasteiger partial charge on any atom is 0.339 e. The molecule has 1 amide bonds. The van der Waals surface area contributed by atoms with Crippen molar-refractivity contribution in [1.82, 2.24) is 5.32 Å². The first-order valence-electron chi connectivity index (χ1n) is 5.83. The van der Waals surface area contributed by atoms with Crippen LogP contribution in [0, 0.1) is 0 Å². The monoisotopic (exact) mass is 281 g/mol. The lowest BCUT2D eigenvalue weighted by Gasteiger charge is -2.03. The van der Waals surface area contributed by atoms with Crippen molar-refractivity contribution in [3.8, 4) is 0 Å². The molecule has 0 aliphatic carbocycles. The minimum absolute atomic E-state index is 0.0483. The van der Waals surface area contributed by atoms with Gasteiger partial charge in [0.1, 0.15) is 0 Å². The molecule has 5 heteroatoms. The standard InChI is InChI=1S/C14H16ClNO3/c1-10(17)16-8-4-3-5-11-6-7-13(15)12(9-11)14(18)19-2/h3,5-7,9H,4,8H2,1-2H3,(H,16,17). The largest absolute Gasteiger partial charge is 0.465 e. The zero-order valence-electron chi connectivity index (χ0n) is 10.9. The van der Waals surface area contributed by atoms with Crippen molar-refractivity contribution in [2.75, 3.05) is 13.7 Å². The summed E-state index contributed by atoms with van der Waals surface area (Å²) in [4.78, 5) is 22.1. The highest BCUT2D eigenvalue weighted by atomic mass is 35.5. The van der Waals surface area contributed by atoms with Crippen molar-refractivity contribution in [2.24, 2.45) is 0 Å². The second-order valence-corrected chi connectivity index (χ2v) is 4.31. The van der Waals surface area contributed by atoms with Crippen LogP contribution in [0.1, 0.15) is 29.3 Å². The molecule has 0 unspecified atom stereocenters. The maximum absolute atomic E-state index is 11.5. The molecule has 0 aliphatic heterocycles. The van der Waals surface area contributed by atoms with Crippen molar-refractivity contribution < 1.29 is 14.3 Å². The number of amides is 1. The number of benzene rings is 1. The van der Waals surface area contributed by atoms with E-state index in [4.69, 9.17) is 11.6 Å². The van der Waals surface area contributed by atoms with Gasteiger partial charge in [-0.05, 0) is 24.1 Å². The van der Waals surface area contributed by atoms with Crippen molar-refractivity contribution in [3.05, 3.63) is 40.4 Å². The molecule has 1 N–H and O–H groups in total. The molecular formula is C14H16ClNO3. The summed E-state index contributed by atoms with van der Waals surface area (Å²) in [6.45, 7) is 2.06. The van der Waals surface area contributed by atoms with Crippen LogP contribution in [0.2, 0.25) is 5.02 Å². The van der Waals surface area contributed by atoms with E-state index in [2.05, 4.69) is 10.1 Å². The Balaban J connectivity index is 2.66. The fraction of sp³-hybridized carbons (Fsp3) is 0.286. The summed E-state index contributed by atoms with van der Waals surface area (Å²) in [6, 6.07) is 5.13. The fourth-order valence-corrected chi connectivity index (χ4v) is 1.66. The van der Waals surface area contributed by atoms with Gasteiger partial charge in [-0.3, -0.25) is 4.79 Å². The first kappa shape index (κ1) is 15.2. The molecular weight excluding hydrogens is 266 g/mol. The number of hydrogen-bond donors (Lipinski definition) is 1. The molecule has 102 valence electrons. The highest BCUT2D eigenvalue weighted by Crippen LogP contribution is 2.19. The molecule has 4 nitrogen and oxygen atoms in total. The molecule has 19 heavy (non-hydrogen) atoms. The first-order valence-corrected chi connectivity index (χ1v) is 6.21. The van der Waals surface area contributed by atoms with Crippen molar-refractivity contribution in [2.45, 2.75) is 13.3 Å². The van der Waals surface area contributed by atoms with E-state index in [1.807, 2.05) is 18.2 Å². The average Bonchev–Trinajstić information content (AvgIpc) is 2.39. The lowest BCUT2D eigenvalue weighted by molar-refractivity contribution is -0.118. The molecule has 1 aromatic rings. The van der Waals surface area contributed by atoms with Gasteiger partial charge in [-0.2, -0.15) is 0 Å². The van der Waals surface area contributed by atoms with Crippen LogP contribution >= 0.6 is 11.6 Å². The molecule has 0 atom stereocenters. The molecule has 0 bridgehead atoms. The topological polar surface area (TPSA) is 55.4 Å². The van der Waals surface area contributed by atoms with Crippen LogP contribution in [-0.4, -0.2) is 25.5 Å². The number of carbonyl (C=O) groups is 2. The first-order chi connectivity index (χ1) is 9.04. The third-order valence-corrected chi connectivity index (χ3v) is 2.72. The van der Waals surface area contributed by atoms with E-state index >= 15 is 0 Å². The number of rotatable bonds is 5. The van der Waals surface area contributed by atoms with Crippen LogP contribution in [-0.2, 0) is 9.53 Å². The predicted octanol–water partition coefficient (Wildman–Crippen LogP) is 2.67. The molecule has 1 aromatic carbocycles. The Morgan fingerprint density at radius 3 is 2.79 bits per heavy atom. The summed E-state index contributed by atoms with van der Waals surface area (Å²) < 4.78 is 4.65. The molecule has 1 rings (SSSR count).